The summed E-state index contributed by atoms with van der Waals surface area (Å²) in [6.45, 7) is 0. The minimum atomic E-state index is -3.51. The zero-order valence-electron chi connectivity index (χ0n) is 11.6. The molecule has 112 valence electrons. The molecule has 2 aromatic rings. The van der Waals surface area contributed by atoms with E-state index in [0.29, 0.717) is 16.7 Å². The first-order valence-corrected chi connectivity index (χ1v) is 8.24. The van der Waals surface area contributed by atoms with Gasteiger partial charge in [-0.2, -0.15) is 5.26 Å². The van der Waals surface area contributed by atoms with Crippen molar-refractivity contribution in [2.75, 3.05) is 0 Å². The predicted octanol–water partition coefficient (Wildman–Crippen LogP) is 2.37. The van der Waals surface area contributed by atoms with E-state index in [4.69, 9.17) is 10.4 Å². The highest BCUT2D eigenvalue weighted by Gasteiger charge is 2.16. The Bertz CT molecular complexity index is 850. The van der Waals surface area contributed by atoms with E-state index in [0.717, 1.165) is 0 Å². The molecule has 0 heterocycles. The van der Waals surface area contributed by atoms with E-state index in [1.54, 1.807) is 30.3 Å². The number of hydrogen-bond donors (Lipinski definition) is 1. The minimum absolute atomic E-state index is 0.0464. The summed E-state index contributed by atoms with van der Waals surface area (Å²) in [5, 5.41) is 17.9. The smallest absolute Gasteiger partial charge is 0.335 e. The van der Waals surface area contributed by atoms with Gasteiger partial charge in [0.25, 0.3) is 0 Å². The fourth-order valence-corrected chi connectivity index (χ4v) is 3.61. The van der Waals surface area contributed by atoms with Crippen molar-refractivity contribution in [3.05, 3.63) is 70.8 Å². The Morgan fingerprint density at radius 2 is 1.82 bits per heavy atom. The lowest BCUT2D eigenvalue weighted by atomic mass is 10.1. The Morgan fingerprint density at radius 3 is 2.50 bits per heavy atom. The summed E-state index contributed by atoms with van der Waals surface area (Å²) in [6.07, 6.45) is 0. The van der Waals surface area contributed by atoms with Crippen molar-refractivity contribution < 1.29 is 18.3 Å². The Hall–Kier alpha value is -2.65. The molecule has 22 heavy (non-hydrogen) atoms. The van der Waals surface area contributed by atoms with Gasteiger partial charge in [-0.1, -0.05) is 30.3 Å². The summed E-state index contributed by atoms with van der Waals surface area (Å²) in [7, 11) is -3.51. The monoisotopic (exact) mass is 315 g/mol. The number of rotatable bonds is 5. The van der Waals surface area contributed by atoms with Crippen LogP contribution in [0.15, 0.2) is 48.5 Å². The molecule has 0 saturated carbocycles. The lowest BCUT2D eigenvalue weighted by Crippen LogP contribution is -2.09. The van der Waals surface area contributed by atoms with E-state index in [2.05, 4.69) is 0 Å². The average molecular weight is 315 g/mol. The standard InChI is InChI=1S/C16H13NO4S/c17-9-14-5-1-2-6-15(14)11-22(20,21)10-12-4-3-7-13(8-12)16(18)19/h1-8H,10-11H2,(H,18,19). The van der Waals surface area contributed by atoms with Crippen LogP contribution in [-0.4, -0.2) is 19.5 Å². The van der Waals surface area contributed by atoms with Gasteiger partial charge in [-0.05, 0) is 29.3 Å². The molecule has 1 N–H and O–H groups in total. The molecule has 0 aliphatic heterocycles. The molecule has 0 saturated heterocycles. The highest BCUT2D eigenvalue weighted by atomic mass is 32.2. The lowest BCUT2D eigenvalue weighted by molar-refractivity contribution is 0.0696. The van der Waals surface area contributed by atoms with Gasteiger partial charge in [0.2, 0.25) is 0 Å². The first-order chi connectivity index (χ1) is 10.4. The zero-order valence-corrected chi connectivity index (χ0v) is 12.4. The van der Waals surface area contributed by atoms with Gasteiger partial charge < -0.3 is 5.11 Å². The van der Waals surface area contributed by atoms with Crippen molar-refractivity contribution in [1.82, 2.24) is 0 Å². The van der Waals surface area contributed by atoms with E-state index in [1.807, 2.05) is 6.07 Å². The molecule has 0 bridgehead atoms. The molecule has 0 aliphatic carbocycles. The molecule has 2 aromatic carbocycles. The summed E-state index contributed by atoms with van der Waals surface area (Å²) in [5.41, 5.74) is 1.23. The second kappa shape index (κ2) is 6.41. The van der Waals surface area contributed by atoms with Crippen LogP contribution in [0.2, 0.25) is 0 Å². The van der Waals surface area contributed by atoms with Crippen LogP contribution < -0.4 is 0 Å². The number of aromatic carboxylic acids is 1. The molecule has 0 atom stereocenters. The molecule has 0 amide bonds. The quantitative estimate of drug-likeness (QED) is 0.914. The Labute approximate surface area is 128 Å². The number of hydrogen-bond acceptors (Lipinski definition) is 4. The number of benzene rings is 2. The minimum Gasteiger partial charge on any atom is -0.478 e. The van der Waals surface area contributed by atoms with Crippen LogP contribution in [0.3, 0.4) is 0 Å². The molecule has 0 spiro atoms. The normalized spacial score (nSPS) is 10.9. The number of carboxylic acid groups (broad SMARTS) is 1. The summed E-state index contributed by atoms with van der Waals surface area (Å²) < 4.78 is 24.5. The highest BCUT2D eigenvalue weighted by molar-refractivity contribution is 7.89. The maximum Gasteiger partial charge on any atom is 0.335 e. The van der Waals surface area contributed by atoms with Crippen molar-refractivity contribution in [2.45, 2.75) is 11.5 Å². The third kappa shape index (κ3) is 3.93. The second-order valence-electron chi connectivity index (χ2n) is 4.81. The second-order valence-corrected chi connectivity index (χ2v) is 6.87. The van der Waals surface area contributed by atoms with Crippen molar-refractivity contribution in [1.29, 1.82) is 5.26 Å². The molecule has 0 aromatic heterocycles. The van der Waals surface area contributed by atoms with Crippen molar-refractivity contribution in [3.63, 3.8) is 0 Å². The number of nitriles is 1. The number of sulfone groups is 1. The van der Waals surface area contributed by atoms with E-state index in [9.17, 15) is 13.2 Å². The van der Waals surface area contributed by atoms with E-state index >= 15 is 0 Å². The van der Waals surface area contributed by atoms with Crippen LogP contribution in [-0.2, 0) is 21.3 Å². The van der Waals surface area contributed by atoms with Crippen LogP contribution in [0.25, 0.3) is 0 Å². The Morgan fingerprint density at radius 1 is 1.09 bits per heavy atom. The molecular formula is C16H13NO4S. The highest BCUT2D eigenvalue weighted by Crippen LogP contribution is 2.16. The van der Waals surface area contributed by atoms with Gasteiger partial charge in [0.05, 0.1) is 28.7 Å². The van der Waals surface area contributed by atoms with Crippen molar-refractivity contribution >= 4 is 15.8 Å². The third-order valence-electron chi connectivity index (χ3n) is 3.07. The number of nitrogens with zero attached hydrogens (tertiary/aromatic N) is 1. The van der Waals surface area contributed by atoms with Gasteiger partial charge >= 0.3 is 5.97 Å². The Kier molecular flexibility index (Phi) is 4.59. The fraction of sp³-hybridized carbons (Fsp3) is 0.125. The molecule has 0 unspecified atom stereocenters. The van der Waals surface area contributed by atoms with E-state index in [-0.39, 0.29) is 17.1 Å². The third-order valence-corrected chi connectivity index (χ3v) is 4.60. The molecule has 0 aliphatic rings. The van der Waals surface area contributed by atoms with Gasteiger partial charge in [0, 0.05) is 0 Å². The van der Waals surface area contributed by atoms with Gasteiger partial charge in [-0.25, -0.2) is 13.2 Å². The predicted molar refractivity (Wildman–Crippen MR) is 80.9 cm³/mol. The summed E-state index contributed by atoms with van der Waals surface area (Å²) in [5.74, 6) is -1.63. The fourth-order valence-electron chi connectivity index (χ4n) is 2.09. The van der Waals surface area contributed by atoms with Crippen LogP contribution in [0.4, 0.5) is 0 Å². The lowest BCUT2D eigenvalue weighted by Gasteiger charge is -2.07. The average Bonchev–Trinajstić information content (AvgIpc) is 2.47. The molecule has 5 nitrogen and oxygen atoms in total. The first kappa shape index (κ1) is 15.7. The molecular weight excluding hydrogens is 302 g/mol. The summed E-state index contributed by atoms with van der Waals surface area (Å²) >= 11 is 0. The van der Waals surface area contributed by atoms with Crippen LogP contribution >= 0.6 is 0 Å². The topological polar surface area (TPSA) is 95.2 Å². The van der Waals surface area contributed by atoms with E-state index < -0.39 is 15.8 Å². The maximum absolute atomic E-state index is 12.3. The molecule has 0 radical (unpaired) electrons. The van der Waals surface area contributed by atoms with Gasteiger partial charge in [0.1, 0.15) is 0 Å². The van der Waals surface area contributed by atoms with Gasteiger partial charge in [-0.3, -0.25) is 0 Å². The van der Waals surface area contributed by atoms with Crippen LogP contribution in [0.1, 0.15) is 27.0 Å². The van der Waals surface area contributed by atoms with Gasteiger partial charge in [0.15, 0.2) is 9.84 Å². The summed E-state index contributed by atoms with van der Waals surface area (Å²) in [4.78, 5) is 10.9. The van der Waals surface area contributed by atoms with Crippen molar-refractivity contribution in [3.8, 4) is 6.07 Å². The molecule has 6 heteroatoms. The number of carbonyl (C=O) groups is 1. The van der Waals surface area contributed by atoms with E-state index in [1.165, 1.54) is 18.2 Å². The molecule has 0 fully saturated rings. The zero-order chi connectivity index (χ0) is 16.2. The maximum atomic E-state index is 12.3. The first-order valence-electron chi connectivity index (χ1n) is 6.42. The van der Waals surface area contributed by atoms with Crippen LogP contribution in [0.5, 0.6) is 0 Å². The van der Waals surface area contributed by atoms with Crippen LogP contribution in [0, 0.1) is 11.3 Å². The largest absolute Gasteiger partial charge is 0.478 e. The van der Waals surface area contributed by atoms with Gasteiger partial charge in [-0.15, -0.1) is 0 Å². The molecule has 2 rings (SSSR count). The SMILES string of the molecule is N#Cc1ccccc1CS(=O)(=O)Cc1cccc(C(=O)O)c1. The number of carboxylic acids is 1. The Balaban J connectivity index is 2.23. The summed E-state index contributed by atoms with van der Waals surface area (Å²) in [6, 6.07) is 14.3. The van der Waals surface area contributed by atoms with Crippen molar-refractivity contribution in [2.24, 2.45) is 0 Å².